The van der Waals surface area contributed by atoms with Crippen LogP contribution < -0.4 is 4.90 Å². The van der Waals surface area contributed by atoms with Crippen molar-refractivity contribution >= 4 is 72.1 Å². The summed E-state index contributed by atoms with van der Waals surface area (Å²) in [5.41, 5.74) is 3.93. The van der Waals surface area contributed by atoms with Crippen molar-refractivity contribution in [2.24, 2.45) is 0 Å². The molecule has 0 bridgehead atoms. The third-order valence-electron chi connectivity index (χ3n) is 5.43. The van der Waals surface area contributed by atoms with E-state index in [9.17, 15) is 0 Å². The number of hydrogen-bond acceptors (Lipinski definition) is 4. The highest BCUT2D eigenvalue weighted by Gasteiger charge is 2.34. The molecular formula is C24H13NS3. The van der Waals surface area contributed by atoms with Gasteiger partial charge in [-0.1, -0.05) is 66.0 Å². The summed E-state index contributed by atoms with van der Waals surface area (Å²) in [7, 11) is 0. The third-order valence-corrected chi connectivity index (χ3v) is 9.03. The van der Waals surface area contributed by atoms with Gasteiger partial charge in [-0.05, 0) is 36.4 Å². The molecule has 0 radical (unpaired) electrons. The highest BCUT2D eigenvalue weighted by Crippen LogP contribution is 2.62. The molecule has 0 unspecified atom stereocenters. The van der Waals surface area contributed by atoms with Crippen LogP contribution in [-0.4, -0.2) is 0 Å². The molecule has 0 fully saturated rings. The molecule has 0 amide bonds. The molecule has 1 nitrogen and oxygen atoms in total. The third kappa shape index (κ3) is 1.95. The number of para-hydroxylation sites is 2. The van der Waals surface area contributed by atoms with Gasteiger partial charge in [0, 0.05) is 30.2 Å². The standard InChI is InChI=1S/C24H13NS3/c1-4-10-18-14(7-1)15-13-21-22-24(23(15)27-18)28-20-12-6-3-9-17(20)25(22)16-8-2-5-11-19(16)26-21/h1-13H. The van der Waals surface area contributed by atoms with Gasteiger partial charge in [-0.2, -0.15) is 0 Å². The quantitative estimate of drug-likeness (QED) is 0.246. The number of hydrogen-bond donors (Lipinski definition) is 0. The van der Waals surface area contributed by atoms with Crippen LogP contribution in [0.1, 0.15) is 0 Å². The SMILES string of the molecule is c1ccc2c(c1)Sc1cc3c(sc4ccccc43)c3c1N2c1ccccc1S3. The van der Waals surface area contributed by atoms with E-state index >= 15 is 0 Å². The Morgan fingerprint density at radius 2 is 1.29 bits per heavy atom. The Kier molecular flexibility index (Phi) is 3.09. The lowest BCUT2D eigenvalue weighted by atomic mass is 10.1. The second kappa shape index (κ2) is 5.57. The Balaban J connectivity index is 1.65. The van der Waals surface area contributed by atoms with Crippen molar-refractivity contribution < 1.29 is 0 Å². The molecule has 2 aliphatic heterocycles. The first kappa shape index (κ1) is 15.5. The van der Waals surface area contributed by atoms with Crippen LogP contribution in [0.2, 0.25) is 0 Å². The van der Waals surface area contributed by atoms with E-state index < -0.39 is 0 Å². The maximum Gasteiger partial charge on any atom is 0.0756 e. The van der Waals surface area contributed by atoms with Crippen molar-refractivity contribution in [1.82, 2.24) is 0 Å². The Bertz CT molecular complexity index is 1420. The second-order valence-electron chi connectivity index (χ2n) is 7.00. The Morgan fingerprint density at radius 3 is 2.11 bits per heavy atom. The van der Waals surface area contributed by atoms with Gasteiger partial charge >= 0.3 is 0 Å². The molecule has 1 aromatic heterocycles. The van der Waals surface area contributed by atoms with E-state index in [4.69, 9.17) is 0 Å². The van der Waals surface area contributed by atoms with Crippen LogP contribution in [0.25, 0.3) is 20.2 Å². The van der Waals surface area contributed by atoms with E-state index in [2.05, 4.69) is 83.8 Å². The van der Waals surface area contributed by atoms with Crippen molar-refractivity contribution in [3.05, 3.63) is 78.9 Å². The van der Waals surface area contributed by atoms with Gasteiger partial charge in [0.1, 0.15) is 0 Å². The van der Waals surface area contributed by atoms with Gasteiger partial charge in [0.2, 0.25) is 0 Å². The average Bonchev–Trinajstić information content (AvgIpc) is 3.12. The maximum absolute atomic E-state index is 2.48. The van der Waals surface area contributed by atoms with Crippen molar-refractivity contribution in [2.45, 2.75) is 19.6 Å². The topological polar surface area (TPSA) is 3.24 Å². The van der Waals surface area contributed by atoms with E-state index in [1.54, 1.807) is 0 Å². The predicted octanol–water partition coefficient (Wildman–Crippen LogP) is 8.45. The highest BCUT2D eigenvalue weighted by atomic mass is 32.2. The minimum absolute atomic E-state index is 1.29. The summed E-state index contributed by atoms with van der Waals surface area (Å²) < 4.78 is 2.77. The number of anilines is 3. The molecule has 0 aliphatic carbocycles. The molecule has 132 valence electrons. The van der Waals surface area contributed by atoms with Gasteiger partial charge < -0.3 is 4.90 Å². The van der Waals surface area contributed by atoms with Crippen LogP contribution in [0.3, 0.4) is 0 Å². The molecule has 0 saturated heterocycles. The lowest BCUT2D eigenvalue weighted by Crippen LogP contribution is -2.18. The summed E-state index contributed by atoms with van der Waals surface area (Å²) in [4.78, 5) is 7.88. The predicted molar refractivity (Wildman–Crippen MR) is 122 cm³/mol. The summed E-state index contributed by atoms with van der Waals surface area (Å²) in [5.74, 6) is 0. The summed E-state index contributed by atoms with van der Waals surface area (Å²) in [6.07, 6.45) is 0. The fourth-order valence-corrected chi connectivity index (χ4v) is 7.92. The molecule has 0 spiro atoms. The first-order valence-corrected chi connectivity index (χ1v) is 11.7. The zero-order valence-corrected chi connectivity index (χ0v) is 17.1. The summed E-state index contributed by atoms with van der Waals surface area (Å²) in [5, 5.41) is 2.75. The first-order chi connectivity index (χ1) is 13.9. The molecule has 28 heavy (non-hydrogen) atoms. The molecule has 2 aliphatic rings. The lowest BCUT2D eigenvalue weighted by Gasteiger charge is -2.38. The van der Waals surface area contributed by atoms with Crippen molar-refractivity contribution in [2.75, 3.05) is 4.90 Å². The zero-order chi connectivity index (χ0) is 18.2. The van der Waals surface area contributed by atoms with Crippen LogP contribution in [-0.2, 0) is 0 Å². The highest BCUT2D eigenvalue weighted by molar-refractivity contribution is 8.01. The number of thiophene rings is 1. The number of fused-ring (bicyclic) bond motifs is 8. The molecule has 3 heterocycles. The maximum atomic E-state index is 2.48. The van der Waals surface area contributed by atoms with Crippen LogP contribution in [0.5, 0.6) is 0 Å². The largest absolute Gasteiger partial charge is 0.306 e. The molecule has 0 atom stereocenters. The summed E-state index contributed by atoms with van der Waals surface area (Å²) >= 11 is 5.75. The van der Waals surface area contributed by atoms with Crippen LogP contribution in [0.15, 0.2) is 98.4 Å². The number of benzene rings is 4. The minimum atomic E-state index is 1.29. The zero-order valence-electron chi connectivity index (χ0n) is 14.7. The van der Waals surface area contributed by atoms with E-state index in [1.165, 1.54) is 56.8 Å². The number of nitrogens with zero attached hydrogens (tertiary/aromatic N) is 1. The van der Waals surface area contributed by atoms with E-state index in [0.29, 0.717) is 0 Å². The fourth-order valence-electron chi connectivity index (χ4n) is 4.24. The van der Waals surface area contributed by atoms with Gasteiger partial charge in [0.15, 0.2) is 0 Å². The fraction of sp³-hybridized carbons (Fsp3) is 0. The smallest absolute Gasteiger partial charge is 0.0756 e. The van der Waals surface area contributed by atoms with Crippen LogP contribution in [0.4, 0.5) is 17.1 Å². The molecule has 5 aromatic rings. The normalized spacial score (nSPS) is 14.1. The van der Waals surface area contributed by atoms with Gasteiger partial charge in [0.05, 0.1) is 26.7 Å². The van der Waals surface area contributed by atoms with Crippen LogP contribution >= 0.6 is 34.9 Å². The molecule has 0 N–H and O–H groups in total. The summed E-state index contributed by atoms with van der Waals surface area (Å²) in [6.45, 7) is 0. The monoisotopic (exact) mass is 411 g/mol. The molecule has 7 rings (SSSR count). The molecule has 4 heteroatoms. The lowest BCUT2D eigenvalue weighted by molar-refractivity contribution is 1.10. The molecule has 4 aromatic carbocycles. The van der Waals surface area contributed by atoms with E-state index in [0.717, 1.165) is 0 Å². The van der Waals surface area contributed by atoms with Crippen molar-refractivity contribution in [3.8, 4) is 0 Å². The Labute approximate surface area is 175 Å². The molecular weight excluding hydrogens is 398 g/mol. The van der Waals surface area contributed by atoms with Crippen molar-refractivity contribution in [1.29, 1.82) is 0 Å². The Morgan fingerprint density at radius 1 is 0.607 bits per heavy atom. The minimum Gasteiger partial charge on any atom is -0.306 e. The van der Waals surface area contributed by atoms with Gasteiger partial charge in [-0.3, -0.25) is 0 Å². The van der Waals surface area contributed by atoms with Gasteiger partial charge in [-0.15, -0.1) is 11.3 Å². The average molecular weight is 412 g/mol. The van der Waals surface area contributed by atoms with Gasteiger partial charge in [-0.25, -0.2) is 0 Å². The van der Waals surface area contributed by atoms with E-state index in [-0.39, 0.29) is 0 Å². The van der Waals surface area contributed by atoms with Gasteiger partial charge in [0.25, 0.3) is 0 Å². The number of rotatable bonds is 0. The Hall–Kier alpha value is -2.40. The van der Waals surface area contributed by atoms with Crippen molar-refractivity contribution in [3.63, 3.8) is 0 Å². The molecule has 0 saturated carbocycles. The van der Waals surface area contributed by atoms with E-state index in [1.807, 2.05) is 34.9 Å². The summed E-state index contributed by atoms with van der Waals surface area (Å²) in [6, 6.07) is 28.8. The van der Waals surface area contributed by atoms with Crippen LogP contribution in [0, 0.1) is 0 Å². The first-order valence-electron chi connectivity index (χ1n) is 9.20. The second-order valence-corrected chi connectivity index (χ2v) is 10.2.